The highest BCUT2D eigenvalue weighted by Crippen LogP contribution is 2.14. The van der Waals surface area contributed by atoms with E-state index in [2.05, 4.69) is 15.3 Å². The van der Waals surface area contributed by atoms with Crippen LogP contribution in [0.5, 0.6) is 6.01 Å². The van der Waals surface area contributed by atoms with Gasteiger partial charge in [0.15, 0.2) is 0 Å². The van der Waals surface area contributed by atoms with Gasteiger partial charge < -0.3 is 10.1 Å². The lowest BCUT2D eigenvalue weighted by molar-refractivity contribution is 0.101. The second kappa shape index (κ2) is 5.51. The first-order valence-corrected chi connectivity index (χ1v) is 5.97. The maximum atomic E-state index is 12.1. The highest BCUT2D eigenvalue weighted by atomic mass is 16.5. The number of carbonyl (C=O) groups is 1. The van der Waals surface area contributed by atoms with E-state index in [1.807, 2.05) is 13.8 Å². The van der Waals surface area contributed by atoms with Gasteiger partial charge in [-0.3, -0.25) is 14.3 Å². The summed E-state index contributed by atoms with van der Waals surface area (Å²) in [5.74, 6) is -0.249. The van der Waals surface area contributed by atoms with Crippen molar-refractivity contribution in [2.45, 2.75) is 20.0 Å². The molecule has 0 fully saturated rings. The largest absolute Gasteiger partial charge is 0.462 e. The second-order valence-electron chi connectivity index (χ2n) is 4.35. The molecule has 0 radical (unpaired) electrons. The number of anilines is 1. The topological polar surface area (TPSA) is 69.0 Å². The fraction of sp³-hybridized carbons (Fsp3) is 0.308. The zero-order valence-corrected chi connectivity index (χ0v) is 11.1. The van der Waals surface area contributed by atoms with Crippen LogP contribution in [0, 0.1) is 0 Å². The molecule has 0 spiro atoms. The first-order chi connectivity index (χ1) is 9.08. The monoisotopic (exact) mass is 260 g/mol. The van der Waals surface area contributed by atoms with Crippen molar-refractivity contribution in [2.75, 3.05) is 5.32 Å². The second-order valence-corrected chi connectivity index (χ2v) is 4.35. The standard InChI is InChI=1S/C13H16N4O2/c1-9(2)19-13-15-8-11(17(13)3)12(18)16-10-5-4-6-14-7-10/h4-9H,1-3H3,(H,16,18). The van der Waals surface area contributed by atoms with Crippen LogP contribution in [0.2, 0.25) is 0 Å². The van der Waals surface area contributed by atoms with E-state index in [0.717, 1.165) is 0 Å². The normalized spacial score (nSPS) is 10.5. The van der Waals surface area contributed by atoms with Gasteiger partial charge in [0.1, 0.15) is 5.69 Å². The van der Waals surface area contributed by atoms with Gasteiger partial charge in [-0.25, -0.2) is 4.98 Å². The molecule has 1 N–H and O–H groups in total. The maximum Gasteiger partial charge on any atom is 0.296 e. The van der Waals surface area contributed by atoms with Crippen LogP contribution < -0.4 is 10.1 Å². The summed E-state index contributed by atoms with van der Waals surface area (Å²) >= 11 is 0. The number of nitrogens with one attached hydrogen (secondary N) is 1. The van der Waals surface area contributed by atoms with Crippen molar-refractivity contribution in [1.29, 1.82) is 0 Å². The molecular formula is C13H16N4O2. The van der Waals surface area contributed by atoms with Gasteiger partial charge in [0, 0.05) is 13.2 Å². The van der Waals surface area contributed by atoms with Gasteiger partial charge in [-0.15, -0.1) is 0 Å². The van der Waals surface area contributed by atoms with Crippen molar-refractivity contribution in [1.82, 2.24) is 14.5 Å². The molecule has 0 aliphatic rings. The Morgan fingerprint density at radius 2 is 2.21 bits per heavy atom. The first-order valence-electron chi connectivity index (χ1n) is 5.97. The summed E-state index contributed by atoms with van der Waals surface area (Å²) in [6.45, 7) is 3.81. The van der Waals surface area contributed by atoms with Crippen LogP contribution in [0.1, 0.15) is 24.3 Å². The number of amides is 1. The predicted octanol–water partition coefficient (Wildman–Crippen LogP) is 1.85. The van der Waals surface area contributed by atoms with Gasteiger partial charge in [0.05, 0.1) is 24.2 Å². The summed E-state index contributed by atoms with van der Waals surface area (Å²) in [6.07, 6.45) is 4.73. The zero-order valence-electron chi connectivity index (χ0n) is 11.1. The summed E-state index contributed by atoms with van der Waals surface area (Å²) in [7, 11) is 1.74. The highest BCUT2D eigenvalue weighted by Gasteiger charge is 2.15. The summed E-state index contributed by atoms with van der Waals surface area (Å²) in [6, 6.07) is 3.95. The third kappa shape index (κ3) is 3.09. The van der Waals surface area contributed by atoms with E-state index in [1.165, 1.54) is 6.20 Å². The molecule has 2 aromatic heterocycles. The molecule has 0 aliphatic heterocycles. The number of aromatic nitrogens is 3. The lowest BCUT2D eigenvalue weighted by Crippen LogP contribution is -2.17. The minimum atomic E-state index is -0.249. The Bertz CT molecular complexity index is 563. The smallest absolute Gasteiger partial charge is 0.296 e. The molecule has 100 valence electrons. The SMILES string of the molecule is CC(C)Oc1ncc(C(=O)Nc2cccnc2)n1C. The number of nitrogens with zero attached hydrogens (tertiary/aromatic N) is 3. The lowest BCUT2D eigenvalue weighted by Gasteiger charge is -2.10. The van der Waals surface area contributed by atoms with E-state index >= 15 is 0 Å². The van der Waals surface area contributed by atoms with Crippen LogP contribution in [-0.2, 0) is 7.05 Å². The molecular weight excluding hydrogens is 244 g/mol. The fourth-order valence-corrected chi connectivity index (χ4v) is 1.56. The van der Waals surface area contributed by atoms with E-state index in [0.29, 0.717) is 17.4 Å². The van der Waals surface area contributed by atoms with Gasteiger partial charge in [-0.1, -0.05) is 0 Å². The molecule has 6 nitrogen and oxygen atoms in total. The Balaban J connectivity index is 2.14. The van der Waals surface area contributed by atoms with Crippen molar-refractivity contribution in [2.24, 2.45) is 7.05 Å². The van der Waals surface area contributed by atoms with Crippen LogP contribution in [0.4, 0.5) is 5.69 Å². The molecule has 0 aromatic carbocycles. The van der Waals surface area contributed by atoms with Crippen LogP contribution in [0.25, 0.3) is 0 Å². The molecule has 1 amide bonds. The summed E-state index contributed by atoms with van der Waals surface area (Å²) in [5, 5.41) is 2.75. The Morgan fingerprint density at radius 1 is 1.42 bits per heavy atom. The molecule has 0 unspecified atom stereocenters. The summed E-state index contributed by atoms with van der Waals surface area (Å²) < 4.78 is 7.10. The highest BCUT2D eigenvalue weighted by molar-refractivity contribution is 6.02. The van der Waals surface area contributed by atoms with E-state index < -0.39 is 0 Å². The van der Waals surface area contributed by atoms with Crippen molar-refractivity contribution in [3.63, 3.8) is 0 Å². The molecule has 0 saturated carbocycles. The Kier molecular flexibility index (Phi) is 3.79. The fourth-order valence-electron chi connectivity index (χ4n) is 1.56. The van der Waals surface area contributed by atoms with Crippen molar-refractivity contribution < 1.29 is 9.53 Å². The van der Waals surface area contributed by atoms with Crippen molar-refractivity contribution >= 4 is 11.6 Å². The average molecular weight is 260 g/mol. The zero-order chi connectivity index (χ0) is 13.8. The van der Waals surface area contributed by atoms with Gasteiger partial charge in [-0.05, 0) is 26.0 Å². The molecule has 19 heavy (non-hydrogen) atoms. The van der Waals surface area contributed by atoms with Gasteiger partial charge in [0.25, 0.3) is 11.9 Å². The minimum absolute atomic E-state index is 0.00957. The third-order valence-corrected chi connectivity index (χ3v) is 2.44. The van der Waals surface area contributed by atoms with Crippen molar-refractivity contribution in [3.05, 3.63) is 36.4 Å². The Morgan fingerprint density at radius 3 is 2.84 bits per heavy atom. The van der Waals surface area contributed by atoms with E-state index in [9.17, 15) is 4.79 Å². The number of rotatable bonds is 4. The molecule has 2 aromatic rings. The van der Waals surface area contributed by atoms with Crippen LogP contribution in [-0.4, -0.2) is 26.5 Å². The van der Waals surface area contributed by atoms with E-state index in [-0.39, 0.29) is 12.0 Å². The number of pyridine rings is 1. The Labute approximate surface area is 111 Å². The molecule has 0 aliphatic carbocycles. The molecule has 6 heteroatoms. The summed E-state index contributed by atoms with van der Waals surface area (Å²) in [4.78, 5) is 20.1. The average Bonchev–Trinajstić information content (AvgIpc) is 2.72. The minimum Gasteiger partial charge on any atom is -0.462 e. The molecule has 2 rings (SSSR count). The number of carbonyl (C=O) groups excluding carboxylic acids is 1. The van der Waals surface area contributed by atoms with E-state index in [1.54, 1.807) is 36.1 Å². The van der Waals surface area contributed by atoms with Crippen LogP contribution >= 0.6 is 0 Å². The van der Waals surface area contributed by atoms with Crippen LogP contribution in [0.3, 0.4) is 0 Å². The van der Waals surface area contributed by atoms with Gasteiger partial charge >= 0.3 is 0 Å². The molecule has 0 atom stereocenters. The molecule has 0 bridgehead atoms. The number of imidazole rings is 1. The lowest BCUT2D eigenvalue weighted by atomic mass is 10.4. The third-order valence-electron chi connectivity index (χ3n) is 2.44. The van der Waals surface area contributed by atoms with Gasteiger partial charge in [-0.2, -0.15) is 0 Å². The number of ether oxygens (including phenoxy) is 1. The number of hydrogen-bond acceptors (Lipinski definition) is 4. The Hall–Kier alpha value is -2.37. The summed E-state index contributed by atoms with van der Waals surface area (Å²) in [5.41, 5.74) is 1.07. The number of hydrogen-bond donors (Lipinski definition) is 1. The molecule has 2 heterocycles. The first kappa shape index (κ1) is 13.1. The molecule has 0 saturated heterocycles. The maximum absolute atomic E-state index is 12.1. The predicted molar refractivity (Wildman–Crippen MR) is 71.2 cm³/mol. The van der Waals surface area contributed by atoms with Gasteiger partial charge in [0.2, 0.25) is 0 Å². The van der Waals surface area contributed by atoms with Crippen LogP contribution in [0.15, 0.2) is 30.7 Å². The van der Waals surface area contributed by atoms with Crippen molar-refractivity contribution in [3.8, 4) is 6.01 Å². The van der Waals surface area contributed by atoms with E-state index in [4.69, 9.17) is 4.74 Å². The quantitative estimate of drug-likeness (QED) is 0.911.